The zero-order valence-corrected chi connectivity index (χ0v) is 9.76. The minimum absolute atomic E-state index is 0.0362. The fourth-order valence-electron chi connectivity index (χ4n) is 1.75. The number of nitrogens with two attached hydrogens (primary N) is 1. The Morgan fingerprint density at radius 1 is 1.35 bits per heavy atom. The molecule has 1 heterocycles. The highest BCUT2D eigenvalue weighted by Crippen LogP contribution is 2.41. The molecule has 3 N–H and O–H groups in total. The Hall–Kier alpha value is -2.07. The number of rotatable bonds is 3. The topological polar surface area (TPSA) is 108 Å². The van der Waals surface area contributed by atoms with Gasteiger partial charge in [0.2, 0.25) is 6.79 Å². The van der Waals surface area contributed by atoms with E-state index < -0.39 is 34.5 Å². The normalized spacial score (nSPS) is 16.9. The van der Waals surface area contributed by atoms with E-state index in [9.17, 15) is 23.3 Å². The Kier molecular flexibility index (Phi) is 3.44. The van der Waals surface area contributed by atoms with Crippen LogP contribution in [0.25, 0.3) is 0 Å². The van der Waals surface area contributed by atoms with Crippen LogP contribution in [0.3, 0.4) is 0 Å². The van der Waals surface area contributed by atoms with Gasteiger partial charge in [-0.15, -0.1) is 0 Å². The van der Waals surface area contributed by atoms with E-state index in [0.717, 1.165) is 12.1 Å². The summed E-state index contributed by atoms with van der Waals surface area (Å²) in [7, 11) is 0. The number of fused-ring (bicyclic) bond motifs is 1. The Bertz CT molecular complexity index is 548. The van der Waals surface area contributed by atoms with Gasteiger partial charge in [0.05, 0.1) is 22.6 Å². The Morgan fingerprint density at radius 2 is 1.90 bits per heavy atom. The number of nitrogens with zero attached hydrogens (tertiary/aromatic N) is 1. The molecule has 1 aromatic rings. The average molecular weight is 294 g/mol. The van der Waals surface area contributed by atoms with Gasteiger partial charge >= 0.3 is 6.18 Å². The highest BCUT2D eigenvalue weighted by atomic mass is 19.4. The van der Waals surface area contributed by atoms with Crippen LogP contribution in [0.5, 0.6) is 11.5 Å². The molecule has 0 aromatic heterocycles. The second-order valence-electron chi connectivity index (χ2n) is 4.03. The molecule has 0 fully saturated rings. The maximum Gasteiger partial charge on any atom is 0.416 e. The lowest BCUT2D eigenvalue weighted by atomic mass is 9.99. The lowest BCUT2D eigenvalue weighted by Gasteiger charge is -2.21. The van der Waals surface area contributed by atoms with Crippen LogP contribution in [-0.2, 0) is 0 Å². The first-order chi connectivity index (χ1) is 9.21. The standard InChI is InChI=1S/C10H9F3N2O5/c11-10(12,13)9(16)8(14)4-1-6-7(20-3-19-6)2-5(4)15(17)18/h1-2,8-9,16H,3,14H2/t8-,9-/m1/s1. The van der Waals surface area contributed by atoms with Gasteiger partial charge in [0.15, 0.2) is 17.6 Å². The SMILES string of the molecule is N[C@H](c1cc2c(cc1[N+](=O)[O-])OCO2)[C@@H](O)C(F)(F)F. The van der Waals surface area contributed by atoms with Crippen molar-refractivity contribution in [3.63, 3.8) is 0 Å². The highest BCUT2D eigenvalue weighted by Gasteiger charge is 2.45. The van der Waals surface area contributed by atoms with Gasteiger partial charge < -0.3 is 20.3 Å². The van der Waals surface area contributed by atoms with Gasteiger partial charge in [0.25, 0.3) is 5.69 Å². The van der Waals surface area contributed by atoms with Crippen molar-refractivity contribution in [1.82, 2.24) is 0 Å². The summed E-state index contributed by atoms with van der Waals surface area (Å²) in [5.74, 6) is 0.0737. The van der Waals surface area contributed by atoms with E-state index in [0.29, 0.717) is 0 Å². The third-order valence-electron chi connectivity index (χ3n) is 2.75. The van der Waals surface area contributed by atoms with Crippen molar-refractivity contribution in [2.45, 2.75) is 18.3 Å². The lowest BCUT2D eigenvalue weighted by Crippen LogP contribution is -2.39. The van der Waals surface area contributed by atoms with Crippen molar-refractivity contribution in [3.8, 4) is 11.5 Å². The number of alkyl halides is 3. The summed E-state index contributed by atoms with van der Waals surface area (Å²) in [5, 5.41) is 20.0. The number of aliphatic hydroxyl groups excluding tert-OH is 1. The van der Waals surface area contributed by atoms with Crippen LogP contribution in [0, 0.1) is 10.1 Å². The second kappa shape index (κ2) is 4.80. The van der Waals surface area contributed by atoms with Crippen molar-refractivity contribution >= 4 is 5.69 Å². The molecule has 0 unspecified atom stereocenters. The quantitative estimate of drug-likeness (QED) is 0.641. The molecule has 1 aromatic carbocycles. The van der Waals surface area contributed by atoms with E-state index in [2.05, 4.69) is 0 Å². The number of aliphatic hydroxyl groups is 1. The van der Waals surface area contributed by atoms with Crippen LogP contribution in [-0.4, -0.2) is 29.1 Å². The predicted molar refractivity (Wildman–Crippen MR) is 58.2 cm³/mol. The third kappa shape index (κ3) is 2.47. The van der Waals surface area contributed by atoms with Gasteiger partial charge in [-0.25, -0.2) is 0 Å². The Balaban J connectivity index is 2.47. The maximum absolute atomic E-state index is 12.4. The molecule has 2 rings (SSSR count). The molecular formula is C10H9F3N2O5. The number of hydrogen-bond acceptors (Lipinski definition) is 6. The average Bonchev–Trinajstić information content (AvgIpc) is 2.81. The smallest absolute Gasteiger partial charge is 0.416 e. The van der Waals surface area contributed by atoms with E-state index in [1.54, 1.807) is 0 Å². The van der Waals surface area contributed by atoms with E-state index in [1.165, 1.54) is 0 Å². The molecule has 0 amide bonds. The van der Waals surface area contributed by atoms with Crippen LogP contribution >= 0.6 is 0 Å². The molecule has 0 saturated heterocycles. The molecule has 2 atom stereocenters. The van der Waals surface area contributed by atoms with Gasteiger partial charge in [0, 0.05) is 0 Å². The largest absolute Gasteiger partial charge is 0.454 e. The minimum Gasteiger partial charge on any atom is -0.454 e. The molecule has 110 valence electrons. The molecule has 7 nitrogen and oxygen atoms in total. The molecule has 10 heteroatoms. The first-order valence-corrected chi connectivity index (χ1v) is 5.30. The fraction of sp³-hybridized carbons (Fsp3) is 0.400. The van der Waals surface area contributed by atoms with E-state index >= 15 is 0 Å². The number of ether oxygens (including phenoxy) is 2. The number of hydrogen-bond donors (Lipinski definition) is 2. The molecule has 0 radical (unpaired) electrons. The maximum atomic E-state index is 12.4. The summed E-state index contributed by atoms with van der Waals surface area (Å²) in [6.07, 6.45) is -7.93. The monoisotopic (exact) mass is 294 g/mol. The summed E-state index contributed by atoms with van der Waals surface area (Å²) in [6.45, 7) is -0.201. The van der Waals surface area contributed by atoms with Gasteiger partial charge in [0.1, 0.15) is 0 Å². The molecule has 0 spiro atoms. The predicted octanol–water partition coefficient (Wildman–Crippen LogP) is 1.25. The third-order valence-corrected chi connectivity index (χ3v) is 2.75. The van der Waals surface area contributed by atoms with E-state index in [1.807, 2.05) is 0 Å². The van der Waals surface area contributed by atoms with Crippen LogP contribution < -0.4 is 15.2 Å². The van der Waals surface area contributed by atoms with Crippen molar-refractivity contribution < 1.29 is 32.7 Å². The molecule has 0 bridgehead atoms. The number of nitro groups is 1. The van der Waals surface area contributed by atoms with Crippen molar-refractivity contribution in [1.29, 1.82) is 0 Å². The van der Waals surface area contributed by atoms with Crippen LogP contribution in [0.15, 0.2) is 12.1 Å². The van der Waals surface area contributed by atoms with Crippen molar-refractivity contribution in [2.24, 2.45) is 5.73 Å². The first-order valence-electron chi connectivity index (χ1n) is 5.30. The zero-order chi connectivity index (χ0) is 15.1. The molecule has 0 aliphatic carbocycles. The van der Waals surface area contributed by atoms with Crippen LogP contribution in [0.4, 0.5) is 18.9 Å². The summed E-state index contributed by atoms with van der Waals surface area (Å²) >= 11 is 0. The van der Waals surface area contributed by atoms with Crippen LogP contribution in [0.2, 0.25) is 0 Å². The van der Waals surface area contributed by atoms with E-state index in [4.69, 9.17) is 20.3 Å². The summed E-state index contributed by atoms with van der Waals surface area (Å²) in [6, 6.07) is -0.120. The van der Waals surface area contributed by atoms with Crippen LogP contribution in [0.1, 0.15) is 11.6 Å². The molecular weight excluding hydrogens is 285 g/mol. The number of benzene rings is 1. The summed E-state index contributed by atoms with van der Waals surface area (Å²) in [4.78, 5) is 9.99. The van der Waals surface area contributed by atoms with Gasteiger partial charge in [-0.3, -0.25) is 10.1 Å². The number of halogens is 3. The van der Waals surface area contributed by atoms with Crippen molar-refractivity contribution in [3.05, 3.63) is 27.8 Å². The van der Waals surface area contributed by atoms with Gasteiger partial charge in [-0.2, -0.15) is 13.2 Å². The summed E-state index contributed by atoms with van der Waals surface area (Å²) in [5.41, 5.74) is 4.13. The molecule has 0 saturated carbocycles. The van der Waals surface area contributed by atoms with E-state index in [-0.39, 0.29) is 18.3 Å². The highest BCUT2D eigenvalue weighted by molar-refractivity contribution is 5.56. The summed E-state index contributed by atoms with van der Waals surface area (Å²) < 4.78 is 47.1. The Morgan fingerprint density at radius 3 is 2.40 bits per heavy atom. The fourth-order valence-corrected chi connectivity index (χ4v) is 1.75. The minimum atomic E-state index is -5.00. The zero-order valence-electron chi connectivity index (χ0n) is 9.76. The molecule has 20 heavy (non-hydrogen) atoms. The second-order valence-corrected chi connectivity index (χ2v) is 4.03. The van der Waals surface area contributed by atoms with Gasteiger partial charge in [-0.1, -0.05) is 0 Å². The molecule has 1 aliphatic heterocycles. The first kappa shape index (κ1) is 14.3. The van der Waals surface area contributed by atoms with Crippen molar-refractivity contribution in [2.75, 3.05) is 6.79 Å². The molecule has 1 aliphatic rings. The Labute approximate surface area is 109 Å². The lowest BCUT2D eigenvalue weighted by molar-refractivity contribution is -0.386. The number of nitro benzene ring substituents is 1. The van der Waals surface area contributed by atoms with Gasteiger partial charge in [-0.05, 0) is 6.07 Å².